The van der Waals surface area contributed by atoms with E-state index in [1.165, 1.54) is 6.21 Å². The molecular weight excluding hydrogens is 434 g/mol. The number of hydrogen-bond acceptors (Lipinski definition) is 6. The molecular formula is C26H23N3O5. The predicted octanol–water partition coefficient (Wildman–Crippen LogP) is 4.61. The maximum Gasteiger partial charge on any atom is 0.307 e. The van der Waals surface area contributed by atoms with Crippen LogP contribution in [0.3, 0.4) is 0 Å². The topological polar surface area (TPSA) is 102 Å². The fraction of sp³-hybridized carbons (Fsp3) is 0.115. The molecule has 2 N–H and O–H groups in total. The van der Waals surface area contributed by atoms with Crippen LogP contribution in [-0.4, -0.2) is 31.2 Å². The van der Waals surface area contributed by atoms with E-state index in [2.05, 4.69) is 15.8 Å². The monoisotopic (exact) mass is 457 g/mol. The van der Waals surface area contributed by atoms with E-state index in [1.807, 2.05) is 31.2 Å². The molecule has 0 saturated carbocycles. The third kappa shape index (κ3) is 6.01. The summed E-state index contributed by atoms with van der Waals surface area (Å²) in [5.41, 5.74) is 4.49. The number of para-hydroxylation sites is 1. The molecule has 0 unspecified atom stereocenters. The molecule has 2 amide bonds. The van der Waals surface area contributed by atoms with Crippen LogP contribution in [0.2, 0.25) is 0 Å². The Morgan fingerprint density at radius 3 is 2.47 bits per heavy atom. The molecule has 0 aliphatic carbocycles. The molecule has 8 nitrogen and oxygen atoms in total. The second-order valence-corrected chi connectivity index (χ2v) is 7.21. The van der Waals surface area contributed by atoms with Crippen molar-refractivity contribution >= 4 is 34.7 Å². The van der Waals surface area contributed by atoms with Gasteiger partial charge in [0, 0.05) is 11.1 Å². The molecule has 0 aliphatic heterocycles. The summed E-state index contributed by atoms with van der Waals surface area (Å²) in [6.07, 6.45) is 1.50. The smallest absolute Gasteiger partial charge is 0.307 e. The van der Waals surface area contributed by atoms with Gasteiger partial charge in [0.2, 0.25) is 0 Å². The van der Waals surface area contributed by atoms with Gasteiger partial charge in [0.1, 0.15) is 17.1 Å². The van der Waals surface area contributed by atoms with Crippen molar-refractivity contribution in [1.82, 2.24) is 5.43 Å². The van der Waals surface area contributed by atoms with Gasteiger partial charge in [-0.1, -0.05) is 18.2 Å². The Labute approximate surface area is 196 Å². The average molecular weight is 457 g/mol. The lowest BCUT2D eigenvalue weighted by molar-refractivity contribution is -0.118. The van der Waals surface area contributed by atoms with Gasteiger partial charge in [-0.05, 0) is 73.2 Å². The fourth-order valence-corrected chi connectivity index (χ4v) is 3.13. The van der Waals surface area contributed by atoms with Gasteiger partial charge in [-0.15, -0.1) is 0 Å². The van der Waals surface area contributed by atoms with Gasteiger partial charge in [0.15, 0.2) is 12.4 Å². The second kappa shape index (κ2) is 10.8. The molecule has 0 fully saturated rings. The molecule has 4 aromatic rings. The number of carbonyl (C=O) groups excluding carboxylic acids is 2. The molecule has 8 heteroatoms. The molecule has 172 valence electrons. The minimum Gasteiger partial charge on any atom is -0.494 e. The Morgan fingerprint density at radius 2 is 1.71 bits per heavy atom. The molecule has 3 aromatic carbocycles. The maximum absolute atomic E-state index is 12.3. The summed E-state index contributed by atoms with van der Waals surface area (Å²) in [6, 6.07) is 23.1. The zero-order valence-electron chi connectivity index (χ0n) is 18.5. The largest absolute Gasteiger partial charge is 0.494 e. The summed E-state index contributed by atoms with van der Waals surface area (Å²) >= 11 is 0. The summed E-state index contributed by atoms with van der Waals surface area (Å²) in [6.45, 7) is 2.35. The first-order valence-electron chi connectivity index (χ1n) is 10.7. The van der Waals surface area contributed by atoms with E-state index in [0.717, 1.165) is 10.9 Å². The lowest BCUT2D eigenvalue weighted by atomic mass is 10.2. The van der Waals surface area contributed by atoms with Crippen molar-refractivity contribution in [3.8, 4) is 11.5 Å². The van der Waals surface area contributed by atoms with E-state index in [9.17, 15) is 9.59 Å². The predicted molar refractivity (Wildman–Crippen MR) is 129 cm³/mol. The maximum atomic E-state index is 12.3. The van der Waals surface area contributed by atoms with E-state index in [-0.39, 0.29) is 18.3 Å². The van der Waals surface area contributed by atoms with E-state index in [0.29, 0.717) is 29.4 Å². The van der Waals surface area contributed by atoms with E-state index in [4.69, 9.17) is 13.9 Å². The van der Waals surface area contributed by atoms with Gasteiger partial charge in [-0.3, -0.25) is 9.59 Å². The van der Waals surface area contributed by atoms with Crippen molar-refractivity contribution in [2.45, 2.75) is 6.92 Å². The van der Waals surface area contributed by atoms with Crippen LogP contribution >= 0.6 is 0 Å². The van der Waals surface area contributed by atoms with Crippen molar-refractivity contribution in [3.63, 3.8) is 0 Å². The highest BCUT2D eigenvalue weighted by atomic mass is 16.5. The SMILES string of the molecule is CCOc1ccc2oc(C(=O)N/N=C/c3ccc(OCC(=O)Nc4ccccc4)cc3)cc2c1. The highest BCUT2D eigenvalue weighted by Gasteiger charge is 2.12. The molecule has 4 rings (SSSR count). The Bertz CT molecular complexity index is 1300. The van der Waals surface area contributed by atoms with E-state index in [1.54, 1.807) is 54.6 Å². The van der Waals surface area contributed by atoms with Crippen molar-refractivity contribution in [2.75, 3.05) is 18.5 Å². The number of nitrogens with zero attached hydrogens (tertiary/aromatic N) is 1. The van der Waals surface area contributed by atoms with Crippen LogP contribution in [0, 0.1) is 0 Å². The fourth-order valence-electron chi connectivity index (χ4n) is 3.13. The molecule has 0 spiro atoms. The Balaban J connectivity index is 1.27. The van der Waals surface area contributed by atoms with Gasteiger partial charge in [-0.25, -0.2) is 5.43 Å². The van der Waals surface area contributed by atoms with Gasteiger partial charge < -0.3 is 19.2 Å². The highest BCUT2D eigenvalue weighted by molar-refractivity contribution is 5.97. The quantitative estimate of drug-likeness (QED) is 0.282. The van der Waals surface area contributed by atoms with Gasteiger partial charge in [0.25, 0.3) is 5.91 Å². The van der Waals surface area contributed by atoms with Crippen LogP contribution in [0.4, 0.5) is 5.69 Å². The first-order chi connectivity index (χ1) is 16.6. The van der Waals surface area contributed by atoms with Crippen LogP contribution < -0.4 is 20.2 Å². The van der Waals surface area contributed by atoms with Gasteiger partial charge >= 0.3 is 5.91 Å². The molecule has 1 aromatic heterocycles. The van der Waals surface area contributed by atoms with Crippen molar-refractivity contribution in [3.05, 3.63) is 90.2 Å². The minimum atomic E-state index is -0.463. The minimum absolute atomic E-state index is 0.109. The number of fused-ring (bicyclic) bond motifs is 1. The Morgan fingerprint density at radius 1 is 0.941 bits per heavy atom. The second-order valence-electron chi connectivity index (χ2n) is 7.21. The number of hydrazone groups is 1. The first kappa shape index (κ1) is 22.6. The zero-order chi connectivity index (χ0) is 23.8. The van der Waals surface area contributed by atoms with Gasteiger partial charge in [-0.2, -0.15) is 5.10 Å². The summed E-state index contributed by atoms with van der Waals surface area (Å²) in [4.78, 5) is 24.3. The standard InChI is InChI=1S/C26H23N3O5/c1-2-32-22-12-13-23-19(14-22)15-24(34-23)26(31)29-27-16-18-8-10-21(11-9-18)33-17-25(30)28-20-6-4-3-5-7-20/h3-16H,2,17H2,1H3,(H,28,30)(H,29,31)/b27-16+. The summed E-state index contributed by atoms with van der Waals surface area (Å²) in [5.74, 6) is 0.690. The highest BCUT2D eigenvalue weighted by Crippen LogP contribution is 2.24. The number of nitrogens with one attached hydrogen (secondary N) is 2. The Hall–Kier alpha value is -4.59. The first-order valence-corrected chi connectivity index (χ1v) is 10.7. The van der Waals surface area contributed by atoms with Crippen LogP contribution in [0.15, 0.2) is 88.4 Å². The lowest BCUT2D eigenvalue weighted by Crippen LogP contribution is -2.20. The van der Waals surface area contributed by atoms with Crippen LogP contribution in [-0.2, 0) is 4.79 Å². The summed E-state index contributed by atoms with van der Waals surface area (Å²) in [5, 5.41) is 7.50. The van der Waals surface area contributed by atoms with Crippen LogP contribution in [0.5, 0.6) is 11.5 Å². The van der Waals surface area contributed by atoms with Gasteiger partial charge in [0.05, 0.1) is 12.8 Å². The number of ether oxygens (including phenoxy) is 2. The number of furan rings is 1. The normalized spacial score (nSPS) is 10.9. The van der Waals surface area contributed by atoms with Crippen LogP contribution in [0.25, 0.3) is 11.0 Å². The molecule has 34 heavy (non-hydrogen) atoms. The number of carbonyl (C=O) groups is 2. The van der Waals surface area contributed by atoms with E-state index < -0.39 is 5.91 Å². The number of hydrogen-bond donors (Lipinski definition) is 2. The third-order valence-electron chi connectivity index (χ3n) is 4.71. The van der Waals surface area contributed by atoms with Crippen molar-refractivity contribution in [1.29, 1.82) is 0 Å². The lowest BCUT2D eigenvalue weighted by Gasteiger charge is -2.07. The van der Waals surface area contributed by atoms with E-state index >= 15 is 0 Å². The molecule has 1 heterocycles. The summed E-state index contributed by atoms with van der Waals surface area (Å²) < 4.78 is 16.5. The van der Waals surface area contributed by atoms with Crippen molar-refractivity contribution < 1.29 is 23.5 Å². The summed E-state index contributed by atoms with van der Waals surface area (Å²) in [7, 11) is 0. The number of amides is 2. The molecule has 0 atom stereocenters. The average Bonchev–Trinajstić information content (AvgIpc) is 3.28. The molecule has 0 radical (unpaired) electrons. The molecule has 0 bridgehead atoms. The third-order valence-corrected chi connectivity index (χ3v) is 4.71. The number of benzene rings is 3. The zero-order valence-corrected chi connectivity index (χ0v) is 18.5. The van der Waals surface area contributed by atoms with Crippen molar-refractivity contribution in [2.24, 2.45) is 5.10 Å². The van der Waals surface area contributed by atoms with Crippen LogP contribution in [0.1, 0.15) is 23.0 Å². The number of rotatable bonds is 9. The Kier molecular flexibility index (Phi) is 7.19. The molecule has 0 saturated heterocycles. The molecule has 0 aliphatic rings. The number of anilines is 1.